The Morgan fingerprint density at radius 1 is 0.621 bits per heavy atom. The maximum Gasteiger partial charge on any atom is 0.134 e. The van der Waals surface area contributed by atoms with Gasteiger partial charge in [0.05, 0.1) is 11.1 Å². The summed E-state index contributed by atoms with van der Waals surface area (Å²) in [4.78, 5) is 0. The molecular weight excluding hydrogens is 390 g/mol. The summed E-state index contributed by atoms with van der Waals surface area (Å²) in [5, 5.41) is 0. The highest BCUT2D eigenvalue weighted by Gasteiger charge is 2.20. The molecule has 3 rings (SSSR count). The number of benzene rings is 3. The van der Waals surface area contributed by atoms with Crippen LogP contribution in [0.4, 0.5) is 26.3 Å². The van der Waals surface area contributed by atoms with Crippen LogP contribution in [0.3, 0.4) is 0 Å². The fraction of sp³-hybridized carbons (Fsp3) is 0.130. The molecule has 0 spiro atoms. The Bertz CT molecular complexity index is 1050. The molecule has 0 aliphatic heterocycles. The first-order valence-electron chi connectivity index (χ1n) is 8.84. The van der Waals surface area contributed by atoms with Gasteiger partial charge in [0, 0.05) is 5.56 Å². The largest absolute Gasteiger partial charge is 0.207 e. The molecule has 0 aliphatic carbocycles. The molecule has 3 aromatic carbocycles. The van der Waals surface area contributed by atoms with Crippen LogP contribution in [0, 0.1) is 41.8 Å². The maximum atomic E-state index is 14.6. The molecule has 0 unspecified atom stereocenters. The van der Waals surface area contributed by atoms with Gasteiger partial charge in [0.25, 0.3) is 0 Å². The smallest absolute Gasteiger partial charge is 0.134 e. The number of rotatable bonds is 4. The first kappa shape index (κ1) is 20.7. The van der Waals surface area contributed by atoms with E-state index in [1.165, 1.54) is 13.0 Å². The fourth-order valence-electron chi connectivity index (χ4n) is 3.00. The zero-order chi connectivity index (χ0) is 21.3. The monoisotopic (exact) mass is 406 g/mol. The molecule has 29 heavy (non-hydrogen) atoms. The number of halogens is 6. The standard InChI is InChI=1S/C23H16F6/c1-3-4-5-13-6-18(26)22(19(27)7-13)15-10-20(28)23(21(29)11-15)14-8-16(24)12(2)17(25)9-14/h4-11H,3H2,1-2H3/b5-4+. The highest BCUT2D eigenvalue weighted by atomic mass is 19.2. The predicted molar refractivity (Wildman–Crippen MR) is 101 cm³/mol. The first-order valence-corrected chi connectivity index (χ1v) is 8.84. The highest BCUT2D eigenvalue weighted by molar-refractivity contribution is 5.73. The molecule has 3 aromatic rings. The second kappa shape index (κ2) is 8.15. The molecule has 0 atom stereocenters. The summed E-state index contributed by atoms with van der Waals surface area (Å²) in [5.41, 5.74) is -2.01. The van der Waals surface area contributed by atoms with Crippen LogP contribution < -0.4 is 0 Å². The van der Waals surface area contributed by atoms with E-state index in [1.54, 1.807) is 6.08 Å². The summed E-state index contributed by atoms with van der Waals surface area (Å²) >= 11 is 0. The lowest BCUT2D eigenvalue weighted by atomic mass is 9.96. The predicted octanol–water partition coefficient (Wildman–Crippen LogP) is 7.59. The summed E-state index contributed by atoms with van der Waals surface area (Å²) in [6.07, 6.45) is 3.91. The van der Waals surface area contributed by atoms with Gasteiger partial charge in [0.2, 0.25) is 0 Å². The van der Waals surface area contributed by atoms with E-state index >= 15 is 0 Å². The molecular formula is C23H16F6. The topological polar surface area (TPSA) is 0 Å². The minimum absolute atomic E-state index is 0.272. The maximum absolute atomic E-state index is 14.6. The molecule has 0 radical (unpaired) electrons. The van der Waals surface area contributed by atoms with Crippen molar-refractivity contribution in [1.29, 1.82) is 0 Å². The molecule has 0 saturated carbocycles. The normalized spacial score (nSPS) is 11.4. The van der Waals surface area contributed by atoms with Gasteiger partial charge in [-0.1, -0.05) is 19.1 Å². The van der Waals surface area contributed by atoms with Gasteiger partial charge in [-0.2, -0.15) is 0 Å². The Balaban J connectivity index is 2.13. The summed E-state index contributed by atoms with van der Waals surface area (Å²) in [6.45, 7) is 3.05. The van der Waals surface area contributed by atoms with Crippen molar-refractivity contribution in [2.24, 2.45) is 0 Å². The number of hydrogen-bond acceptors (Lipinski definition) is 0. The zero-order valence-corrected chi connectivity index (χ0v) is 15.6. The SMILES string of the molecule is CC/C=C/c1cc(F)c(-c2cc(F)c(-c3cc(F)c(C)c(F)c3)c(F)c2)c(F)c1. The van der Waals surface area contributed by atoms with Gasteiger partial charge >= 0.3 is 0 Å². The van der Waals surface area contributed by atoms with Crippen molar-refractivity contribution in [2.75, 3.05) is 0 Å². The lowest BCUT2D eigenvalue weighted by molar-refractivity contribution is 0.566. The van der Waals surface area contributed by atoms with Crippen LogP contribution in [0.1, 0.15) is 24.5 Å². The van der Waals surface area contributed by atoms with Gasteiger partial charge in [-0.3, -0.25) is 0 Å². The van der Waals surface area contributed by atoms with Crippen molar-refractivity contribution >= 4 is 6.08 Å². The van der Waals surface area contributed by atoms with Gasteiger partial charge in [-0.05, 0) is 66.4 Å². The van der Waals surface area contributed by atoms with Gasteiger partial charge in [-0.15, -0.1) is 0 Å². The van der Waals surface area contributed by atoms with E-state index in [2.05, 4.69) is 0 Å². The third-order valence-corrected chi connectivity index (χ3v) is 4.51. The van der Waals surface area contributed by atoms with E-state index in [4.69, 9.17) is 0 Å². The highest BCUT2D eigenvalue weighted by Crippen LogP contribution is 2.35. The lowest BCUT2D eigenvalue weighted by Gasteiger charge is -2.12. The molecule has 0 fully saturated rings. The second-order valence-electron chi connectivity index (χ2n) is 6.55. The van der Waals surface area contributed by atoms with Crippen LogP contribution in [-0.2, 0) is 0 Å². The average Bonchev–Trinajstić information content (AvgIpc) is 2.63. The molecule has 0 bridgehead atoms. The molecule has 0 aliphatic rings. The molecule has 0 nitrogen and oxygen atoms in total. The molecule has 0 saturated heterocycles. The summed E-state index contributed by atoms with van der Waals surface area (Å²) in [6, 6.07) is 5.18. The Labute approximate surface area is 164 Å². The van der Waals surface area contributed by atoms with E-state index in [1.807, 2.05) is 6.92 Å². The van der Waals surface area contributed by atoms with Crippen LogP contribution in [0.25, 0.3) is 28.3 Å². The molecule has 150 valence electrons. The van der Waals surface area contributed by atoms with Crippen molar-refractivity contribution < 1.29 is 26.3 Å². The Morgan fingerprint density at radius 2 is 1.00 bits per heavy atom. The van der Waals surface area contributed by atoms with E-state index < -0.39 is 46.0 Å². The quantitative estimate of drug-likeness (QED) is 0.392. The van der Waals surface area contributed by atoms with Gasteiger partial charge in [0.1, 0.15) is 34.9 Å². The fourth-order valence-corrected chi connectivity index (χ4v) is 3.00. The van der Waals surface area contributed by atoms with Gasteiger partial charge in [0.15, 0.2) is 0 Å². The number of hydrogen-bond donors (Lipinski definition) is 0. The van der Waals surface area contributed by atoms with Crippen molar-refractivity contribution in [3.63, 3.8) is 0 Å². The van der Waals surface area contributed by atoms with Crippen molar-refractivity contribution in [2.45, 2.75) is 20.3 Å². The first-order chi connectivity index (χ1) is 13.7. The van der Waals surface area contributed by atoms with Crippen LogP contribution in [0.15, 0.2) is 42.5 Å². The van der Waals surface area contributed by atoms with E-state index in [9.17, 15) is 26.3 Å². The number of allylic oxidation sites excluding steroid dienone is 1. The molecule has 0 aromatic heterocycles. The van der Waals surface area contributed by atoms with E-state index in [0.717, 1.165) is 36.4 Å². The zero-order valence-electron chi connectivity index (χ0n) is 15.6. The Kier molecular flexibility index (Phi) is 5.82. The third-order valence-electron chi connectivity index (χ3n) is 4.51. The van der Waals surface area contributed by atoms with Crippen molar-refractivity contribution in [3.05, 3.63) is 88.5 Å². The summed E-state index contributed by atoms with van der Waals surface area (Å²) in [7, 11) is 0. The average molecular weight is 406 g/mol. The molecule has 6 heteroatoms. The molecule has 0 amide bonds. The van der Waals surface area contributed by atoms with Gasteiger partial charge < -0.3 is 0 Å². The van der Waals surface area contributed by atoms with Crippen LogP contribution >= 0.6 is 0 Å². The van der Waals surface area contributed by atoms with Crippen molar-refractivity contribution in [3.8, 4) is 22.3 Å². The Hall–Kier alpha value is -3.02. The summed E-state index contributed by atoms with van der Waals surface area (Å²) < 4.78 is 85.7. The molecule has 0 heterocycles. The van der Waals surface area contributed by atoms with E-state index in [-0.39, 0.29) is 22.3 Å². The van der Waals surface area contributed by atoms with Crippen LogP contribution in [-0.4, -0.2) is 0 Å². The van der Waals surface area contributed by atoms with Gasteiger partial charge in [-0.25, -0.2) is 26.3 Å². The minimum Gasteiger partial charge on any atom is -0.207 e. The van der Waals surface area contributed by atoms with E-state index in [0.29, 0.717) is 6.42 Å². The van der Waals surface area contributed by atoms with Crippen LogP contribution in [0.2, 0.25) is 0 Å². The lowest BCUT2D eigenvalue weighted by Crippen LogP contribution is -1.98. The molecule has 0 N–H and O–H groups in total. The minimum atomic E-state index is -1.20. The Morgan fingerprint density at radius 3 is 1.41 bits per heavy atom. The summed E-state index contributed by atoms with van der Waals surface area (Å²) in [5.74, 6) is -6.29. The van der Waals surface area contributed by atoms with Crippen LogP contribution in [0.5, 0.6) is 0 Å². The van der Waals surface area contributed by atoms with Crippen molar-refractivity contribution in [1.82, 2.24) is 0 Å². The second-order valence-corrected chi connectivity index (χ2v) is 6.55. The third kappa shape index (κ3) is 4.06.